The Labute approximate surface area is 157 Å². The standard InChI is InChI=1S/C20H24O7/c21-15-2-1-3-16-20(15)14-12-18-19(13-17(14)27-16)26-11-9-24-7-5-22-4-6-23-8-10-25-18/h12-13H,1-11H2. The number of fused-ring (bicyclic) bond motifs is 4. The minimum absolute atomic E-state index is 0.129. The molecule has 0 saturated carbocycles. The van der Waals surface area contributed by atoms with Crippen LogP contribution in [0, 0.1) is 0 Å². The number of hydrogen-bond acceptors (Lipinski definition) is 7. The Morgan fingerprint density at radius 1 is 0.704 bits per heavy atom. The molecule has 0 radical (unpaired) electrons. The maximum atomic E-state index is 12.4. The van der Waals surface area contributed by atoms with Gasteiger partial charge in [-0.3, -0.25) is 4.79 Å². The first kappa shape index (κ1) is 18.3. The molecule has 0 unspecified atom stereocenters. The van der Waals surface area contributed by atoms with Crippen LogP contribution in [0.4, 0.5) is 0 Å². The lowest BCUT2D eigenvalue weighted by molar-refractivity contribution is 0.00708. The maximum absolute atomic E-state index is 12.4. The molecular formula is C20H24O7. The number of carbonyl (C=O) groups is 1. The minimum atomic E-state index is 0.129. The van der Waals surface area contributed by atoms with Crippen molar-refractivity contribution < 1.29 is 32.9 Å². The van der Waals surface area contributed by atoms with E-state index in [0.717, 1.165) is 24.0 Å². The first-order valence-corrected chi connectivity index (χ1v) is 9.44. The van der Waals surface area contributed by atoms with Gasteiger partial charge in [-0.15, -0.1) is 0 Å². The summed E-state index contributed by atoms with van der Waals surface area (Å²) in [6.45, 7) is 3.74. The van der Waals surface area contributed by atoms with Crippen molar-refractivity contribution in [2.24, 2.45) is 0 Å². The number of hydrogen-bond donors (Lipinski definition) is 0. The molecule has 1 aliphatic heterocycles. The van der Waals surface area contributed by atoms with Crippen LogP contribution in [0.2, 0.25) is 0 Å². The van der Waals surface area contributed by atoms with Crippen LogP contribution < -0.4 is 9.47 Å². The zero-order valence-corrected chi connectivity index (χ0v) is 15.3. The molecule has 1 aromatic carbocycles. The third-order valence-corrected chi connectivity index (χ3v) is 4.63. The Kier molecular flexibility index (Phi) is 5.91. The van der Waals surface area contributed by atoms with E-state index in [1.54, 1.807) is 6.07 Å². The number of aryl methyl sites for hydroxylation is 1. The summed E-state index contributed by atoms with van der Waals surface area (Å²) in [5, 5.41) is 0.792. The van der Waals surface area contributed by atoms with Gasteiger partial charge in [-0.1, -0.05) is 0 Å². The zero-order chi connectivity index (χ0) is 18.5. The molecule has 4 rings (SSSR count). The molecule has 2 aliphatic rings. The fourth-order valence-electron chi connectivity index (χ4n) is 3.36. The summed E-state index contributed by atoms with van der Waals surface area (Å²) in [5.74, 6) is 2.05. The lowest BCUT2D eigenvalue weighted by atomic mass is 9.94. The molecule has 1 aliphatic carbocycles. The molecule has 2 aromatic rings. The summed E-state index contributed by atoms with van der Waals surface area (Å²) < 4.78 is 34.1. The van der Waals surface area contributed by atoms with Gasteiger partial charge in [0.1, 0.15) is 24.6 Å². The third-order valence-electron chi connectivity index (χ3n) is 4.63. The van der Waals surface area contributed by atoms with Crippen LogP contribution >= 0.6 is 0 Å². The van der Waals surface area contributed by atoms with E-state index in [1.807, 2.05) is 6.07 Å². The van der Waals surface area contributed by atoms with Crippen LogP contribution in [-0.2, 0) is 20.6 Å². The largest absolute Gasteiger partial charge is 0.487 e. The predicted octanol–water partition coefficient (Wildman–Crippen LogP) is 2.77. The molecule has 27 heavy (non-hydrogen) atoms. The Morgan fingerprint density at radius 3 is 1.96 bits per heavy atom. The van der Waals surface area contributed by atoms with Crippen molar-refractivity contribution in [2.45, 2.75) is 19.3 Å². The van der Waals surface area contributed by atoms with E-state index in [1.165, 1.54) is 0 Å². The van der Waals surface area contributed by atoms with Crippen molar-refractivity contribution in [1.29, 1.82) is 0 Å². The van der Waals surface area contributed by atoms with Gasteiger partial charge >= 0.3 is 0 Å². The van der Waals surface area contributed by atoms with Crippen molar-refractivity contribution in [1.82, 2.24) is 0 Å². The topological polar surface area (TPSA) is 76.4 Å². The van der Waals surface area contributed by atoms with Gasteiger partial charge in [0.15, 0.2) is 17.3 Å². The van der Waals surface area contributed by atoms with Gasteiger partial charge in [0.2, 0.25) is 0 Å². The van der Waals surface area contributed by atoms with E-state index < -0.39 is 0 Å². The molecule has 0 saturated heterocycles. The summed E-state index contributed by atoms with van der Waals surface area (Å²) >= 11 is 0. The molecule has 7 heteroatoms. The quantitative estimate of drug-likeness (QED) is 0.700. The Bertz CT molecular complexity index is 795. The van der Waals surface area contributed by atoms with Crippen LogP contribution in [0.1, 0.15) is 29.0 Å². The first-order chi connectivity index (χ1) is 13.3. The van der Waals surface area contributed by atoms with E-state index in [4.69, 9.17) is 28.1 Å². The van der Waals surface area contributed by atoms with Crippen molar-refractivity contribution in [2.75, 3.05) is 52.9 Å². The molecule has 0 N–H and O–H groups in total. The van der Waals surface area contributed by atoms with Gasteiger partial charge in [-0.2, -0.15) is 0 Å². The van der Waals surface area contributed by atoms with Crippen LogP contribution in [0.15, 0.2) is 16.5 Å². The number of ether oxygens (including phenoxy) is 5. The van der Waals surface area contributed by atoms with Gasteiger partial charge in [0.05, 0.1) is 45.2 Å². The number of Topliss-reactive ketones (excluding diaryl/α,β-unsaturated/α-hetero) is 1. The normalized spacial score (nSPS) is 19.9. The highest BCUT2D eigenvalue weighted by Crippen LogP contribution is 2.39. The average molecular weight is 376 g/mol. The highest BCUT2D eigenvalue weighted by atomic mass is 16.6. The molecular weight excluding hydrogens is 352 g/mol. The van der Waals surface area contributed by atoms with Crippen LogP contribution in [0.3, 0.4) is 0 Å². The average Bonchev–Trinajstić information content (AvgIpc) is 3.02. The lowest BCUT2D eigenvalue weighted by Gasteiger charge is -2.13. The van der Waals surface area contributed by atoms with Crippen molar-refractivity contribution in [3.63, 3.8) is 0 Å². The summed E-state index contributed by atoms with van der Waals surface area (Å²) in [7, 11) is 0. The van der Waals surface area contributed by atoms with Gasteiger partial charge < -0.3 is 28.1 Å². The molecule has 0 bridgehead atoms. The molecule has 146 valence electrons. The molecule has 0 spiro atoms. The third kappa shape index (κ3) is 4.26. The van der Waals surface area contributed by atoms with Gasteiger partial charge in [0.25, 0.3) is 0 Å². The van der Waals surface area contributed by atoms with E-state index in [0.29, 0.717) is 81.9 Å². The van der Waals surface area contributed by atoms with Crippen molar-refractivity contribution in [3.8, 4) is 11.5 Å². The van der Waals surface area contributed by atoms with Crippen molar-refractivity contribution in [3.05, 3.63) is 23.5 Å². The zero-order valence-electron chi connectivity index (χ0n) is 15.3. The Hall–Kier alpha value is -2.09. The molecule has 0 fully saturated rings. The van der Waals surface area contributed by atoms with E-state index >= 15 is 0 Å². The van der Waals surface area contributed by atoms with Gasteiger partial charge in [-0.05, 0) is 12.5 Å². The van der Waals surface area contributed by atoms with Crippen LogP contribution in [-0.4, -0.2) is 58.6 Å². The fourth-order valence-corrected chi connectivity index (χ4v) is 3.36. The molecule has 2 heterocycles. The van der Waals surface area contributed by atoms with E-state index in [-0.39, 0.29) is 5.78 Å². The van der Waals surface area contributed by atoms with Crippen molar-refractivity contribution >= 4 is 16.8 Å². The second-order valence-corrected chi connectivity index (χ2v) is 6.51. The minimum Gasteiger partial charge on any atom is -0.487 e. The SMILES string of the molecule is O=C1CCCc2oc3cc4c(cc3c21)OCCOCCOCCOCCO4. The monoisotopic (exact) mass is 376 g/mol. The fraction of sp³-hybridized carbons (Fsp3) is 0.550. The molecule has 1 aromatic heterocycles. The Morgan fingerprint density at radius 2 is 1.30 bits per heavy atom. The molecule has 0 amide bonds. The summed E-state index contributed by atoms with van der Waals surface area (Å²) in [6, 6.07) is 3.65. The summed E-state index contributed by atoms with van der Waals surface area (Å²) in [4.78, 5) is 12.4. The second-order valence-electron chi connectivity index (χ2n) is 6.51. The smallest absolute Gasteiger partial charge is 0.167 e. The van der Waals surface area contributed by atoms with E-state index in [9.17, 15) is 4.79 Å². The summed E-state index contributed by atoms with van der Waals surface area (Å²) in [5.41, 5.74) is 1.34. The first-order valence-electron chi connectivity index (χ1n) is 9.44. The summed E-state index contributed by atoms with van der Waals surface area (Å²) in [6.07, 6.45) is 2.17. The maximum Gasteiger partial charge on any atom is 0.167 e. The van der Waals surface area contributed by atoms with Gasteiger partial charge in [0, 0.05) is 24.3 Å². The van der Waals surface area contributed by atoms with Crippen LogP contribution in [0.25, 0.3) is 11.0 Å². The van der Waals surface area contributed by atoms with E-state index in [2.05, 4.69) is 0 Å². The number of furan rings is 1. The predicted molar refractivity (Wildman–Crippen MR) is 96.9 cm³/mol. The lowest BCUT2D eigenvalue weighted by Crippen LogP contribution is -2.13. The highest BCUT2D eigenvalue weighted by Gasteiger charge is 2.26. The van der Waals surface area contributed by atoms with Gasteiger partial charge in [-0.25, -0.2) is 0 Å². The number of rotatable bonds is 0. The number of benzene rings is 1. The second kappa shape index (κ2) is 8.73. The highest BCUT2D eigenvalue weighted by molar-refractivity contribution is 6.09. The Balaban J connectivity index is 1.60. The molecule has 7 nitrogen and oxygen atoms in total. The van der Waals surface area contributed by atoms with Crippen LogP contribution in [0.5, 0.6) is 11.5 Å². The number of carbonyl (C=O) groups excluding carboxylic acids is 1. The number of ketones is 1. The molecule has 0 atom stereocenters.